The van der Waals surface area contributed by atoms with Crippen LogP contribution in [0.5, 0.6) is 0 Å². The van der Waals surface area contributed by atoms with Gasteiger partial charge in [-0.2, -0.15) is 0 Å². The van der Waals surface area contributed by atoms with E-state index in [1.54, 1.807) is 19.2 Å². The Morgan fingerprint density at radius 1 is 1.26 bits per heavy atom. The van der Waals surface area contributed by atoms with Crippen molar-refractivity contribution in [3.8, 4) is 0 Å². The van der Waals surface area contributed by atoms with Gasteiger partial charge in [-0.1, -0.05) is 18.6 Å². The average Bonchev–Trinajstić information content (AvgIpc) is 2.33. The molecule has 0 aliphatic heterocycles. The molecule has 0 heterocycles. The minimum atomic E-state index is -3.43. The molecule has 5 heteroatoms. The fraction of sp³-hybridized carbons (Fsp3) is 0.500. The van der Waals surface area contributed by atoms with E-state index in [9.17, 15) is 13.2 Å². The van der Waals surface area contributed by atoms with E-state index in [-0.39, 0.29) is 10.7 Å². The third-order valence-electron chi connectivity index (χ3n) is 3.71. The summed E-state index contributed by atoms with van der Waals surface area (Å²) in [7, 11) is -1.81. The van der Waals surface area contributed by atoms with Gasteiger partial charge in [-0.3, -0.25) is 4.79 Å². The summed E-state index contributed by atoms with van der Waals surface area (Å²) in [5, 5.41) is 0. The number of sulfonamides is 1. The van der Waals surface area contributed by atoms with E-state index in [0.29, 0.717) is 18.0 Å². The molecular weight excluding hydrogens is 262 g/mol. The molecule has 1 saturated carbocycles. The lowest BCUT2D eigenvalue weighted by Crippen LogP contribution is -2.34. The molecule has 0 saturated heterocycles. The zero-order valence-electron chi connectivity index (χ0n) is 11.3. The molecular formula is C14H19NO3S. The van der Waals surface area contributed by atoms with Gasteiger partial charge in [0.05, 0.1) is 4.90 Å². The van der Waals surface area contributed by atoms with Crippen LogP contribution in [0.1, 0.15) is 36.5 Å². The molecule has 0 aromatic heterocycles. The van der Waals surface area contributed by atoms with Crippen LogP contribution in [0.3, 0.4) is 0 Å². The quantitative estimate of drug-likeness (QED) is 0.778. The highest BCUT2D eigenvalue weighted by Gasteiger charge is 2.26. The summed E-state index contributed by atoms with van der Waals surface area (Å²) in [6.07, 6.45) is 3.43. The van der Waals surface area contributed by atoms with Gasteiger partial charge in [0, 0.05) is 19.2 Å². The second-order valence-corrected chi connectivity index (χ2v) is 7.21. The lowest BCUT2D eigenvalue weighted by Gasteiger charge is -2.29. The van der Waals surface area contributed by atoms with Gasteiger partial charge in [0.1, 0.15) is 0 Å². The highest BCUT2D eigenvalue weighted by molar-refractivity contribution is 7.89. The number of rotatable bonds is 5. The van der Waals surface area contributed by atoms with Crippen LogP contribution in [0.15, 0.2) is 29.2 Å². The van der Waals surface area contributed by atoms with Gasteiger partial charge in [0.15, 0.2) is 5.78 Å². The third-order valence-corrected chi connectivity index (χ3v) is 5.55. The largest absolute Gasteiger partial charge is 0.295 e. The molecule has 1 aliphatic carbocycles. The van der Waals surface area contributed by atoms with E-state index in [1.165, 1.54) is 29.8 Å². The topological polar surface area (TPSA) is 54.5 Å². The number of hydrogen-bond donors (Lipinski definition) is 0. The van der Waals surface area contributed by atoms with Gasteiger partial charge in [-0.25, -0.2) is 12.7 Å². The molecule has 0 N–H and O–H groups in total. The molecule has 0 atom stereocenters. The third kappa shape index (κ3) is 3.04. The number of ketones is 1. The first-order valence-corrected chi connectivity index (χ1v) is 7.92. The van der Waals surface area contributed by atoms with E-state index in [4.69, 9.17) is 0 Å². The van der Waals surface area contributed by atoms with Crippen LogP contribution in [0.4, 0.5) is 0 Å². The van der Waals surface area contributed by atoms with Gasteiger partial charge in [0.2, 0.25) is 10.0 Å². The minimum Gasteiger partial charge on any atom is -0.295 e. The molecule has 1 aliphatic rings. The molecule has 0 unspecified atom stereocenters. The van der Waals surface area contributed by atoms with Gasteiger partial charge >= 0.3 is 0 Å². The summed E-state index contributed by atoms with van der Waals surface area (Å²) >= 11 is 0. The van der Waals surface area contributed by atoms with Gasteiger partial charge in [-0.05, 0) is 37.8 Å². The number of hydrogen-bond acceptors (Lipinski definition) is 3. The van der Waals surface area contributed by atoms with Gasteiger partial charge in [-0.15, -0.1) is 0 Å². The Hall–Kier alpha value is -1.20. The van der Waals surface area contributed by atoms with E-state index >= 15 is 0 Å². The molecule has 1 fully saturated rings. The lowest BCUT2D eigenvalue weighted by molar-refractivity contribution is 0.101. The molecule has 1 aromatic rings. The maximum absolute atomic E-state index is 12.3. The maximum atomic E-state index is 12.3. The number of carbonyl (C=O) groups excluding carboxylic acids is 1. The molecule has 0 radical (unpaired) electrons. The second-order valence-electron chi connectivity index (χ2n) is 5.16. The first-order chi connectivity index (χ1) is 8.91. The molecule has 0 spiro atoms. The van der Waals surface area contributed by atoms with Crippen molar-refractivity contribution in [2.45, 2.75) is 31.1 Å². The van der Waals surface area contributed by atoms with Crippen LogP contribution in [-0.4, -0.2) is 32.1 Å². The van der Waals surface area contributed by atoms with Crippen LogP contribution in [0.25, 0.3) is 0 Å². The van der Waals surface area contributed by atoms with Gasteiger partial charge < -0.3 is 0 Å². The van der Waals surface area contributed by atoms with Crippen LogP contribution in [0, 0.1) is 5.92 Å². The first-order valence-electron chi connectivity index (χ1n) is 6.48. The van der Waals surface area contributed by atoms with Crippen molar-refractivity contribution < 1.29 is 13.2 Å². The van der Waals surface area contributed by atoms with Crippen LogP contribution in [-0.2, 0) is 10.0 Å². The van der Waals surface area contributed by atoms with E-state index in [2.05, 4.69) is 0 Å². The maximum Gasteiger partial charge on any atom is 0.242 e. The SMILES string of the molecule is CC(=O)c1ccc(S(=O)(=O)N(C)CC2CCC2)cc1. The summed E-state index contributed by atoms with van der Waals surface area (Å²) in [5.41, 5.74) is 0.528. The van der Waals surface area contributed by atoms with Gasteiger partial charge in [0.25, 0.3) is 0 Å². The monoisotopic (exact) mass is 281 g/mol. The highest BCUT2D eigenvalue weighted by Crippen LogP contribution is 2.28. The van der Waals surface area contributed by atoms with Crippen LogP contribution >= 0.6 is 0 Å². The van der Waals surface area contributed by atoms with E-state index < -0.39 is 10.0 Å². The second kappa shape index (κ2) is 5.43. The Morgan fingerprint density at radius 3 is 2.26 bits per heavy atom. The van der Waals surface area contributed by atoms with E-state index in [0.717, 1.165) is 12.8 Å². The van der Waals surface area contributed by atoms with Crippen molar-refractivity contribution in [2.75, 3.05) is 13.6 Å². The number of Topliss-reactive ketones (excluding diaryl/α,β-unsaturated/α-hetero) is 1. The molecule has 1 aromatic carbocycles. The standard InChI is InChI=1S/C14H19NO3S/c1-11(16)13-6-8-14(9-7-13)19(17,18)15(2)10-12-4-3-5-12/h6-9,12H,3-5,10H2,1-2H3. The van der Waals surface area contributed by atoms with Crippen molar-refractivity contribution in [1.82, 2.24) is 4.31 Å². The summed E-state index contributed by atoms with van der Waals surface area (Å²) < 4.78 is 26.1. The Kier molecular flexibility index (Phi) is 4.06. The minimum absolute atomic E-state index is 0.0632. The normalized spacial score (nSPS) is 16.4. The first kappa shape index (κ1) is 14.2. The summed E-state index contributed by atoms with van der Waals surface area (Å²) in [6, 6.07) is 6.13. The lowest BCUT2D eigenvalue weighted by atomic mass is 9.86. The van der Waals surface area contributed by atoms with Crippen LogP contribution in [0.2, 0.25) is 0 Å². The highest BCUT2D eigenvalue weighted by atomic mass is 32.2. The molecule has 0 amide bonds. The molecule has 19 heavy (non-hydrogen) atoms. The molecule has 0 bridgehead atoms. The van der Waals surface area contributed by atoms with Crippen molar-refractivity contribution in [3.05, 3.63) is 29.8 Å². The number of benzene rings is 1. The van der Waals surface area contributed by atoms with Crippen molar-refractivity contribution in [3.63, 3.8) is 0 Å². The zero-order valence-corrected chi connectivity index (χ0v) is 12.1. The summed E-state index contributed by atoms with van der Waals surface area (Å²) in [4.78, 5) is 11.4. The molecule has 4 nitrogen and oxygen atoms in total. The van der Waals surface area contributed by atoms with E-state index in [1.807, 2.05) is 0 Å². The zero-order chi connectivity index (χ0) is 14.0. The molecule has 104 valence electrons. The average molecular weight is 281 g/mol. The van der Waals surface area contributed by atoms with Crippen molar-refractivity contribution >= 4 is 15.8 Å². The smallest absolute Gasteiger partial charge is 0.242 e. The number of carbonyl (C=O) groups is 1. The van der Waals surface area contributed by atoms with Crippen molar-refractivity contribution in [2.24, 2.45) is 5.92 Å². The Balaban J connectivity index is 2.15. The Morgan fingerprint density at radius 2 is 1.84 bits per heavy atom. The van der Waals surface area contributed by atoms with Crippen molar-refractivity contribution in [1.29, 1.82) is 0 Å². The molecule has 2 rings (SSSR count). The summed E-state index contributed by atoms with van der Waals surface area (Å²) in [6.45, 7) is 2.04. The Bertz CT molecular complexity index is 559. The Labute approximate surface area is 114 Å². The fourth-order valence-electron chi connectivity index (χ4n) is 2.18. The predicted molar refractivity (Wildman–Crippen MR) is 73.6 cm³/mol. The van der Waals surface area contributed by atoms with Crippen LogP contribution < -0.4 is 0 Å². The fourth-order valence-corrected chi connectivity index (χ4v) is 3.43. The number of nitrogens with zero attached hydrogens (tertiary/aromatic N) is 1. The predicted octanol–water partition coefficient (Wildman–Crippen LogP) is 2.31. The summed E-state index contributed by atoms with van der Waals surface area (Å²) in [5.74, 6) is 0.433.